The number of rotatable bonds is 0. The first-order valence-corrected chi connectivity index (χ1v) is 4.96. The Morgan fingerprint density at radius 1 is 1.42 bits per heavy atom. The summed E-state index contributed by atoms with van der Waals surface area (Å²) in [5.41, 5.74) is 5.33. The smallest absolute Gasteiger partial charge is 0.327 e. The van der Waals surface area contributed by atoms with E-state index in [0.717, 1.165) is 0 Å². The summed E-state index contributed by atoms with van der Waals surface area (Å²) in [6.07, 6.45) is 0.641. The van der Waals surface area contributed by atoms with Gasteiger partial charge in [0.15, 0.2) is 9.84 Å². The second-order valence-corrected chi connectivity index (χ2v) is 4.64. The number of hydrogen-bond acceptors (Lipinski definition) is 4. The van der Waals surface area contributed by atoms with E-state index in [-0.39, 0.29) is 17.5 Å². The summed E-state index contributed by atoms with van der Waals surface area (Å²) >= 11 is 0. The molecule has 12 heavy (non-hydrogen) atoms. The Bertz CT molecular complexity index is 244. The van der Waals surface area contributed by atoms with Gasteiger partial charge in [0.1, 0.15) is 4.91 Å². The van der Waals surface area contributed by atoms with Crippen LogP contribution in [-0.2, 0) is 9.84 Å². The molecule has 1 rings (SSSR count). The molecule has 8 heteroatoms. The Labute approximate surface area is 69.2 Å². The minimum Gasteiger partial charge on any atom is -0.327 e. The van der Waals surface area contributed by atoms with Crippen molar-refractivity contribution in [2.75, 3.05) is 11.5 Å². The summed E-state index contributed by atoms with van der Waals surface area (Å²) in [5.74, 6) is 0.473. The lowest BCUT2D eigenvalue weighted by Gasteiger charge is -1.91. The largest absolute Gasteiger partial charge is 0.472 e. The van der Waals surface area contributed by atoms with Gasteiger partial charge in [-0.2, -0.15) is 0 Å². The number of sulfone groups is 1. The summed E-state index contributed by atoms with van der Waals surface area (Å²) in [4.78, 5) is 8.47. The fourth-order valence-electron chi connectivity index (χ4n) is 0.824. The van der Waals surface area contributed by atoms with Crippen molar-refractivity contribution >= 4 is 9.84 Å². The molecule has 1 fully saturated rings. The lowest BCUT2D eigenvalue weighted by Crippen LogP contribution is -2.20. The highest BCUT2D eigenvalue weighted by Crippen LogP contribution is 2.07. The van der Waals surface area contributed by atoms with Crippen LogP contribution in [0.15, 0.2) is 0 Å². The van der Waals surface area contributed by atoms with Crippen LogP contribution < -0.4 is 5.73 Å². The maximum atomic E-state index is 10.6. The van der Waals surface area contributed by atoms with Crippen molar-refractivity contribution in [1.29, 1.82) is 0 Å². The highest BCUT2D eigenvalue weighted by molar-refractivity contribution is 7.91. The predicted molar refractivity (Wildman–Crippen MR) is 38.4 cm³/mol. The molecule has 1 heterocycles. The van der Waals surface area contributed by atoms with E-state index >= 15 is 0 Å². The van der Waals surface area contributed by atoms with Gasteiger partial charge in [0.05, 0.1) is 11.5 Å². The quantitative estimate of drug-likeness (QED) is 0.416. The lowest BCUT2D eigenvalue weighted by molar-refractivity contribution is -0.969. The van der Waals surface area contributed by atoms with Crippen LogP contribution in [0.1, 0.15) is 6.42 Å². The molecule has 0 radical (unpaired) electrons. The molecule has 72 valence electrons. The van der Waals surface area contributed by atoms with Crippen LogP contribution in [0.25, 0.3) is 0 Å². The Morgan fingerprint density at radius 3 is 1.92 bits per heavy atom. The molecule has 4 N–H and O–H groups in total. The van der Waals surface area contributed by atoms with E-state index in [0.29, 0.717) is 6.42 Å². The molecule has 0 aromatic heterocycles. The maximum Gasteiger partial charge on any atom is 0.472 e. The number of nitrogens with two attached hydrogens (primary N) is 1. The van der Waals surface area contributed by atoms with Gasteiger partial charge in [-0.05, 0) is 6.42 Å². The van der Waals surface area contributed by atoms with Crippen molar-refractivity contribution in [2.45, 2.75) is 12.5 Å². The van der Waals surface area contributed by atoms with Crippen LogP contribution in [-0.4, -0.2) is 41.5 Å². The third kappa shape index (κ3) is 5.86. The highest BCUT2D eigenvalue weighted by atomic mass is 32.2. The van der Waals surface area contributed by atoms with Crippen LogP contribution in [0.5, 0.6) is 0 Å². The van der Waals surface area contributed by atoms with Crippen molar-refractivity contribution in [1.82, 2.24) is 0 Å². The molecule has 0 spiro atoms. The second kappa shape index (κ2) is 4.21. The second-order valence-electron chi connectivity index (χ2n) is 2.42. The third-order valence-corrected chi connectivity index (χ3v) is 3.06. The van der Waals surface area contributed by atoms with Crippen molar-refractivity contribution in [3.63, 3.8) is 0 Å². The molecular formula is C4H11N2O5S+. The minimum atomic E-state index is -2.72. The van der Waals surface area contributed by atoms with Gasteiger partial charge < -0.3 is 5.73 Å². The first-order valence-electron chi connectivity index (χ1n) is 3.14. The highest BCUT2D eigenvalue weighted by Gasteiger charge is 2.24. The third-order valence-electron chi connectivity index (χ3n) is 1.27. The van der Waals surface area contributed by atoms with Gasteiger partial charge in [0.2, 0.25) is 0 Å². The van der Waals surface area contributed by atoms with Gasteiger partial charge in [0, 0.05) is 6.04 Å². The molecule has 0 bridgehead atoms. The lowest BCUT2D eigenvalue weighted by atomic mass is 10.3. The molecule has 0 saturated carbocycles. The Hall–Kier alpha value is -0.890. The van der Waals surface area contributed by atoms with E-state index in [1.807, 2.05) is 0 Å². The van der Waals surface area contributed by atoms with Crippen LogP contribution in [0.4, 0.5) is 0 Å². The Morgan fingerprint density at radius 2 is 1.83 bits per heavy atom. The molecule has 0 aromatic carbocycles. The molecule has 0 amide bonds. The van der Waals surface area contributed by atoms with E-state index in [2.05, 4.69) is 0 Å². The first-order chi connectivity index (χ1) is 5.33. The van der Waals surface area contributed by atoms with Gasteiger partial charge >= 0.3 is 5.09 Å². The van der Waals surface area contributed by atoms with Gasteiger partial charge in [-0.25, -0.2) is 18.8 Å². The van der Waals surface area contributed by atoms with E-state index in [1.165, 1.54) is 0 Å². The minimum absolute atomic E-state index is 0.0972. The number of nitrogens with zero attached hydrogens (tertiary/aromatic N) is 1. The van der Waals surface area contributed by atoms with Gasteiger partial charge in [0.25, 0.3) is 0 Å². The molecule has 0 aliphatic carbocycles. The predicted octanol–water partition coefficient (Wildman–Crippen LogP) is -1.32. The zero-order valence-corrected chi connectivity index (χ0v) is 7.07. The molecule has 7 nitrogen and oxygen atoms in total. The van der Waals surface area contributed by atoms with Crippen LogP contribution in [0.3, 0.4) is 0 Å². The summed E-state index contributed by atoms with van der Waals surface area (Å²) in [6.45, 7) is 0. The van der Waals surface area contributed by atoms with Crippen LogP contribution >= 0.6 is 0 Å². The molecule has 1 atom stereocenters. The van der Waals surface area contributed by atoms with Crippen molar-refractivity contribution in [3.05, 3.63) is 4.91 Å². The number of hydrogen-bond donors (Lipinski definition) is 3. The van der Waals surface area contributed by atoms with Crippen LogP contribution in [0, 0.1) is 4.91 Å². The van der Waals surface area contributed by atoms with Gasteiger partial charge in [-0.15, -0.1) is 0 Å². The molecule has 1 aliphatic heterocycles. The van der Waals surface area contributed by atoms with Crippen molar-refractivity contribution < 1.29 is 23.9 Å². The molecule has 1 unspecified atom stereocenters. The molecule has 1 aliphatic rings. The zero-order valence-electron chi connectivity index (χ0n) is 6.25. The van der Waals surface area contributed by atoms with Crippen molar-refractivity contribution in [2.24, 2.45) is 5.73 Å². The zero-order chi connectivity index (χ0) is 9.78. The topological polar surface area (TPSA) is 121 Å². The Balaban J connectivity index is 0.000000261. The monoisotopic (exact) mass is 199 g/mol. The summed E-state index contributed by atoms with van der Waals surface area (Å²) < 4.78 is 21.1. The van der Waals surface area contributed by atoms with Gasteiger partial charge in [-0.1, -0.05) is 0 Å². The molecular weight excluding hydrogens is 188 g/mol. The standard InChI is InChI=1S/C4H9NO2S.H2NO3/c5-4-1-2-8(6,7)3-4;2-1(3)4/h4H,1-3,5H2;(H2,2,3,4)/q;+1. The summed E-state index contributed by atoms with van der Waals surface area (Å²) in [6, 6.07) is -0.0972. The SMILES string of the molecule is NC1CCS(=O)(=O)C1.O=[N+](O)O. The summed E-state index contributed by atoms with van der Waals surface area (Å²) in [5, 5.41) is 12.5. The first kappa shape index (κ1) is 11.1. The fourth-order valence-corrected chi connectivity index (χ4v) is 2.47. The van der Waals surface area contributed by atoms with Crippen molar-refractivity contribution in [3.8, 4) is 0 Å². The summed E-state index contributed by atoms with van der Waals surface area (Å²) in [7, 11) is -2.72. The fraction of sp³-hybridized carbons (Fsp3) is 1.00. The molecule has 0 aromatic rings. The maximum absolute atomic E-state index is 10.6. The van der Waals surface area contributed by atoms with E-state index in [4.69, 9.17) is 21.1 Å². The molecule has 1 saturated heterocycles. The van der Waals surface area contributed by atoms with E-state index in [1.54, 1.807) is 0 Å². The van der Waals surface area contributed by atoms with Crippen LogP contribution in [0.2, 0.25) is 0 Å². The average molecular weight is 199 g/mol. The normalized spacial score (nSPS) is 25.6. The average Bonchev–Trinajstić information content (AvgIpc) is 2.07. The Kier molecular flexibility index (Phi) is 3.90. The van der Waals surface area contributed by atoms with E-state index < -0.39 is 14.9 Å². The van der Waals surface area contributed by atoms with E-state index in [9.17, 15) is 8.42 Å². The van der Waals surface area contributed by atoms with Gasteiger partial charge in [-0.3, -0.25) is 0 Å².